The summed E-state index contributed by atoms with van der Waals surface area (Å²) >= 11 is 0. The van der Waals surface area contributed by atoms with Crippen LogP contribution in [0.5, 0.6) is 5.75 Å². The predicted molar refractivity (Wildman–Crippen MR) is 164 cm³/mol. The zero-order valence-corrected chi connectivity index (χ0v) is 24.9. The van der Waals surface area contributed by atoms with Gasteiger partial charge in [-0.25, -0.2) is 8.78 Å². The highest BCUT2D eigenvalue weighted by Gasteiger charge is 2.59. The highest BCUT2D eigenvalue weighted by molar-refractivity contribution is 5.46. The van der Waals surface area contributed by atoms with E-state index in [9.17, 15) is 13.9 Å². The van der Waals surface area contributed by atoms with Gasteiger partial charge in [0, 0.05) is 40.3 Å². The van der Waals surface area contributed by atoms with Crippen LogP contribution in [0.4, 0.5) is 17.6 Å². The first kappa shape index (κ1) is 31.8. The van der Waals surface area contributed by atoms with E-state index in [1.807, 2.05) is 24.3 Å². The van der Waals surface area contributed by atoms with E-state index in [-0.39, 0.29) is 0 Å². The van der Waals surface area contributed by atoms with Gasteiger partial charge in [-0.05, 0) is 59.7 Å². The summed E-state index contributed by atoms with van der Waals surface area (Å²) in [6, 6.07) is 21.2. The second-order valence-electron chi connectivity index (χ2n) is 10.8. The van der Waals surface area contributed by atoms with Gasteiger partial charge in [-0.1, -0.05) is 36.1 Å². The molecule has 0 radical (unpaired) electrons. The van der Waals surface area contributed by atoms with Crippen LogP contribution in [0.2, 0.25) is 0 Å². The number of alkyl halides is 2. The molecule has 1 atom stereocenters. The number of ether oxygens (including phenoxy) is 1. The highest BCUT2D eigenvalue weighted by Crippen LogP contribution is 2.46. The molecule has 48 heavy (non-hydrogen) atoms. The van der Waals surface area contributed by atoms with Gasteiger partial charge in [-0.15, -0.1) is 4.70 Å². The fourth-order valence-electron chi connectivity index (χ4n) is 4.86. The third-order valence-electron chi connectivity index (χ3n) is 7.46. The second-order valence-corrected chi connectivity index (χ2v) is 10.8. The molecule has 238 valence electrons. The van der Waals surface area contributed by atoms with Crippen LogP contribution < -0.4 is 4.74 Å². The summed E-state index contributed by atoms with van der Waals surface area (Å²) in [4.78, 5) is 3.82. The molecule has 3 aromatic carbocycles. The van der Waals surface area contributed by atoms with Crippen LogP contribution in [0.3, 0.4) is 0 Å². The first-order chi connectivity index (χ1) is 23.1. The van der Waals surface area contributed by atoms with Crippen LogP contribution in [-0.4, -0.2) is 37.5 Å². The molecular formula is C35H24F4N7O2+. The van der Waals surface area contributed by atoms with Gasteiger partial charge in [-0.3, -0.25) is 9.67 Å². The van der Waals surface area contributed by atoms with Crippen molar-refractivity contribution in [2.24, 2.45) is 10.3 Å². The van der Waals surface area contributed by atoms with E-state index in [4.69, 9.17) is 10.00 Å². The summed E-state index contributed by atoms with van der Waals surface area (Å²) in [5.41, 5.74) is -1.38. The third kappa shape index (κ3) is 6.82. The molecule has 9 nitrogen and oxygen atoms in total. The lowest BCUT2D eigenvalue weighted by Gasteiger charge is -2.35. The third-order valence-corrected chi connectivity index (χ3v) is 7.46. The molecule has 3 heterocycles. The molecule has 6 rings (SSSR count). The molecule has 1 aliphatic rings. The fraction of sp³-hybridized carbons (Fsp3) is 0.143. The summed E-state index contributed by atoms with van der Waals surface area (Å²) in [7, 11) is 0. The quantitative estimate of drug-likeness (QED) is 0.116. The number of aromatic nitrogens is 3. The number of halogens is 4. The van der Waals surface area contributed by atoms with E-state index in [1.165, 1.54) is 12.3 Å². The minimum Gasteiger partial charge on any atom is -0.489 e. The van der Waals surface area contributed by atoms with E-state index < -0.39 is 41.0 Å². The molecule has 13 heteroatoms. The van der Waals surface area contributed by atoms with Crippen molar-refractivity contribution in [2.45, 2.75) is 24.7 Å². The lowest BCUT2D eigenvalue weighted by molar-refractivity contribution is -0.527. The van der Waals surface area contributed by atoms with E-state index in [0.717, 1.165) is 46.6 Å². The number of benzene rings is 3. The second kappa shape index (κ2) is 13.3. The van der Waals surface area contributed by atoms with Crippen molar-refractivity contribution in [3.63, 3.8) is 0 Å². The number of pyridine rings is 1. The number of β-amino-alcohol motifs (C(OH)–C–C–N with tert-alkyl or cyclic N) is 1. The van der Waals surface area contributed by atoms with Crippen LogP contribution in [0, 0.1) is 34.8 Å². The molecule has 0 saturated heterocycles. The molecule has 2 aromatic heterocycles. The summed E-state index contributed by atoms with van der Waals surface area (Å²) in [6.45, 7) is 0.0310. The van der Waals surface area contributed by atoms with Crippen molar-refractivity contribution < 1.29 is 32.1 Å². The van der Waals surface area contributed by atoms with Crippen LogP contribution in [-0.2, 0) is 24.7 Å². The monoisotopic (exact) mass is 650 g/mol. The van der Waals surface area contributed by atoms with E-state index in [1.54, 1.807) is 35.1 Å². The maximum absolute atomic E-state index is 15.8. The zero-order chi connectivity index (χ0) is 33.7. The average Bonchev–Trinajstić information content (AvgIpc) is 3.53. The van der Waals surface area contributed by atoms with Gasteiger partial charge in [-0.2, -0.15) is 19.1 Å². The minimum absolute atomic E-state index is 0.317. The Morgan fingerprint density at radius 1 is 0.875 bits per heavy atom. The number of nitrogens with zero attached hydrogens (tertiary/aromatic N) is 7. The Hall–Kier alpha value is -6.18. The van der Waals surface area contributed by atoms with Crippen molar-refractivity contribution in [3.8, 4) is 23.7 Å². The number of aliphatic hydroxyl groups is 1. The van der Waals surface area contributed by atoms with Gasteiger partial charge in [0.15, 0.2) is 5.60 Å². The van der Waals surface area contributed by atoms with Gasteiger partial charge in [0.05, 0.1) is 23.5 Å². The lowest BCUT2D eigenvalue weighted by atomic mass is 9.84. The Bertz CT molecular complexity index is 2110. The maximum atomic E-state index is 15.8. The van der Waals surface area contributed by atoms with Gasteiger partial charge < -0.3 is 9.84 Å². The summed E-state index contributed by atoms with van der Waals surface area (Å²) in [5.74, 6) is -0.0399. The lowest BCUT2D eigenvalue weighted by Crippen LogP contribution is -2.50. The first-order valence-electron chi connectivity index (χ1n) is 14.4. The molecular weight excluding hydrogens is 626 g/mol. The molecule has 0 aliphatic carbocycles. The number of nitriles is 1. The molecule has 0 bridgehead atoms. The van der Waals surface area contributed by atoms with Gasteiger partial charge in [0.2, 0.25) is 0 Å². The Balaban J connectivity index is 1.09. The summed E-state index contributed by atoms with van der Waals surface area (Å²) in [6.07, 6.45) is 5.42. The normalized spacial score (nSPS) is 13.4. The van der Waals surface area contributed by atoms with E-state index in [0.29, 0.717) is 41.7 Å². The van der Waals surface area contributed by atoms with Gasteiger partial charge in [0.1, 0.15) is 42.3 Å². The van der Waals surface area contributed by atoms with E-state index >= 15 is 8.78 Å². The standard InChI is InChI=1S/C35H24F4N7O2/c36-29-10-13-31(32(37)15-29)34(47,22-46-23-42-44-46)35(38,39)33-14-9-25(17-41-33)2-1-24-7-11-30(12-8-24)48-21-27-5-3-26(4-6-27)19-45-20-28(16-40)18-43-45/h3-15,17-18,20,23,47H,19,21-22H2/q+1. The Labute approximate surface area is 271 Å². The van der Waals surface area contributed by atoms with Crippen molar-refractivity contribution >= 4 is 6.34 Å². The molecule has 0 spiro atoms. The zero-order valence-electron chi connectivity index (χ0n) is 24.9. The highest BCUT2D eigenvalue weighted by atomic mass is 19.3. The van der Waals surface area contributed by atoms with Gasteiger partial charge >= 0.3 is 5.92 Å². The topological polar surface area (TPSA) is 112 Å². The number of hydrogen-bond donors (Lipinski definition) is 1. The van der Waals surface area contributed by atoms with Crippen molar-refractivity contribution in [1.82, 2.24) is 14.8 Å². The van der Waals surface area contributed by atoms with E-state index in [2.05, 4.69) is 38.3 Å². The van der Waals surface area contributed by atoms with Crippen molar-refractivity contribution in [2.75, 3.05) is 6.54 Å². The van der Waals surface area contributed by atoms with Crippen LogP contribution in [0.15, 0.2) is 108 Å². The van der Waals surface area contributed by atoms with Crippen molar-refractivity contribution in [1.29, 1.82) is 5.26 Å². The molecule has 1 aliphatic heterocycles. The minimum atomic E-state index is -4.13. The van der Waals surface area contributed by atoms with Crippen LogP contribution >= 0.6 is 0 Å². The Morgan fingerprint density at radius 2 is 1.58 bits per heavy atom. The number of rotatable bonds is 10. The molecule has 1 unspecified atom stereocenters. The SMILES string of the molecule is N#Cc1cnn(Cc2ccc(COc3ccc(C#Cc4ccc(C(F)(F)C(O)(C[N+]5=NN=C5)c5ccc(F)cc5F)nc4)cc3)cc2)c1. The largest absolute Gasteiger partial charge is 0.489 e. The summed E-state index contributed by atoms with van der Waals surface area (Å²) in [5, 5.41) is 31.3. The fourth-order valence-corrected chi connectivity index (χ4v) is 4.86. The first-order valence-corrected chi connectivity index (χ1v) is 14.4. The van der Waals surface area contributed by atoms with Crippen molar-refractivity contribution in [3.05, 3.63) is 148 Å². The Kier molecular flexibility index (Phi) is 8.79. The summed E-state index contributed by atoms with van der Waals surface area (Å²) < 4.78 is 68.4. The molecule has 0 amide bonds. The Morgan fingerprint density at radius 3 is 2.21 bits per heavy atom. The smallest absolute Gasteiger partial charge is 0.325 e. The number of hydrogen-bond acceptors (Lipinski definition) is 7. The maximum Gasteiger partial charge on any atom is 0.325 e. The molecule has 1 N–H and O–H groups in total. The predicted octanol–water partition coefficient (Wildman–Crippen LogP) is 5.86. The molecule has 5 aromatic rings. The van der Waals surface area contributed by atoms with Gasteiger partial charge in [0.25, 0.3) is 6.34 Å². The average molecular weight is 651 g/mol. The molecule has 0 saturated carbocycles. The van der Waals surface area contributed by atoms with Crippen LogP contribution in [0.25, 0.3) is 0 Å². The van der Waals surface area contributed by atoms with Crippen LogP contribution in [0.1, 0.15) is 39.1 Å². The molecule has 0 fully saturated rings.